The van der Waals surface area contributed by atoms with Gasteiger partial charge >= 0.3 is 0 Å². The van der Waals surface area contributed by atoms with Gasteiger partial charge in [0.1, 0.15) is 0 Å². The van der Waals surface area contributed by atoms with E-state index < -0.39 is 25.3 Å². The molecule has 0 saturated carbocycles. The molecule has 2 rings (SSSR count). The van der Waals surface area contributed by atoms with Crippen molar-refractivity contribution in [1.29, 1.82) is 0 Å². The number of hydrogen-bond donors (Lipinski definition) is 3. The molecule has 2 heterocycles. The van der Waals surface area contributed by atoms with Crippen molar-refractivity contribution in [3.63, 3.8) is 0 Å². The summed E-state index contributed by atoms with van der Waals surface area (Å²) in [6.07, 6.45) is 3.35. The molecule has 0 aromatic carbocycles. The predicted molar refractivity (Wildman–Crippen MR) is 101 cm³/mol. The first-order chi connectivity index (χ1) is 11.9. The van der Waals surface area contributed by atoms with Gasteiger partial charge in [0, 0.05) is 26.1 Å². The summed E-state index contributed by atoms with van der Waals surface area (Å²) in [6, 6.07) is 0. The molecule has 11 heteroatoms. The molecule has 154 valence electrons. The Labute approximate surface area is 157 Å². The van der Waals surface area contributed by atoms with Gasteiger partial charge in [0.05, 0.1) is 10.5 Å². The zero-order valence-electron chi connectivity index (χ0n) is 15.6. The van der Waals surface area contributed by atoms with E-state index in [1.807, 2.05) is 13.8 Å². The Bertz CT molecular complexity index is 658. The second-order valence-corrected chi connectivity index (χ2v) is 11.0. The van der Waals surface area contributed by atoms with Crippen LogP contribution in [-0.4, -0.2) is 64.3 Å². The van der Waals surface area contributed by atoms with E-state index in [-0.39, 0.29) is 17.7 Å². The third kappa shape index (κ3) is 8.30. The van der Waals surface area contributed by atoms with E-state index in [1.54, 1.807) is 4.90 Å². The highest BCUT2D eigenvalue weighted by molar-refractivity contribution is 7.90. The van der Waals surface area contributed by atoms with Crippen LogP contribution in [0.15, 0.2) is 0 Å². The number of carbonyl (C=O) groups is 1. The van der Waals surface area contributed by atoms with Gasteiger partial charge in [-0.05, 0) is 38.1 Å². The molecule has 26 heavy (non-hydrogen) atoms. The summed E-state index contributed by atoms with van der Waals surface area (Å²) in [7, 11) is -6.80. The van der Waals surface area contributed by atoms with Gasteiger partial charge in [0.2, 0.25) is 26.0 Å². The van der Waals surface area contributed by atoms with Crippen molar-refractivity contribution in [2.24, 2.45) is 16.2 Å². The summed E-state index contributed by atoms with van der Waals surface area (Å²) < 4.78 is 43.9. The van der Waals surface area contributed by atoms with Crippen LogP contribution >= 0.6 is 0 Å². The maximum Gasteiger partial charge on any atom is 0.222 e. The zero-order chi connectivity index (χ0) is 20.0. The third-order valence-corrected chi connectivity index (χ3v) is 7.14. The Morgan fingerprint density at radius 2 is 1.65 bits per heavy atom. The summed E-state index contributed by atoms with van der Waals surface area (Å²) in [5.74, 6) is 0.325. The monoisotopic (exact) mass is 412 g/mol. The second-order valence-electron chi connectivity index (χ2n) is 7.35. The van der Waals surface area contributed by atoms with Crippen LogP contribution in [0.3, 0.4) is 0 Å². The normalized spacial score (nSPS) is 24.7. The number of hydrogen-bond acceptors (Lipinski definition) is 6. The first kappa shape index (κ1) is 23.3. The minimum Gasteiger partial charge on any atom is -0.341 e. The lowest BCUT2D eigenvalue weighted by molar-refractivity contribution is -0.132. The van der Waals surface area contributed by atoms with E-state index >= 15 is 0 Å². The van der Waals surface area contributed by atoms with Crippen molar-refractivity contribution in [2.75, 3.05) is 26.2 Å². The van der Waals surface area contributed by atoms with Crippen LogP contribution in [0.25, 0.3) is 0 Å². The molecule has 2 aliphatic heterocycles. The van der Waals surface area contributed by atoms with Gasteiger partial charge < -0.3 is 10.2 Å². The molecular formula is C15H32N4O5S2. The van der Waals surface area contributed by atoms with Gasteiger partial charge in [-0.25, -0.2) is 27.1 Å². The first-order valence-corrected chi connectivity index (χ1v) is 12.1. The number of rotatable bonds is 4. The van der Waals surface area contributed by atoms with Crippen LogP contribution < -0.4 is 15.6 Å². The topological polar surface area (TPSA) is 153 Å². The Balaban J connectivity index is 0.000000289. The number of likely N-dealkylation sites (tertiary alicyclic amines) is 1. The highest BCUT2D eigenvalue weighted by Gasteiger charge is 2.30. The van der Waals surface area contributed by atoms with Crippen LogP contribution in [0, 0.1) is 5.92 Å². The maximum absolute atomic E-state index is 11.8. The standard InChI is InChI=1S/C10H20N2O3S.C5H12N2O2S/c1-8(2)6-10(13)12-5-3-4-9(7-12)16(11,14)15;6-10(8,9)5-2-1-3-7-4-5/h8-9H,3-7H2,1-2H3,(H2,11,14,15);5,7H,1-4H2,(H2,6,8,9). The van der Waals surface area contributed by atoms with Gasteiger partial charge in [-0.3, -0.25) is 4.79 Å². The van der Waals surface area contributed by atoms with Crippen LogP contribution in [0.2, 0.25) is 0 Å². The van der Waals surface area contributed by atoms with Crippen LogP contribution in [-0.2, 0) is 24.8 Å². The lowest BCUT2D eigenvalue weighted by Gasteiger charge is -2.32. The van der Waals surface area contributed by atoms with E-state index in [0.29, 0.717) is 44.7 Å². The van der Waals surface area contributed by atoms with Gasteiger partial charge in [0.25, 0.3) is 0 Å². The molecule has 2 atom stereocenters. The molecule has 2 fully saturated rings. The SMILES string of the molecule is CC(C)CC(=O)N1CCCC(S(N)(=O)=O)C1.NS(=O)(=O)C1CCCNC1. The number of piperidine rings is 2. The molecular weight excluding hydrogens is 380 g/mol. The zero-order valence-corrected chi connectivity index (χ0v) is 17.2. The molecule has 0 aromatic rings. The average Bonchev–Trinajstić information content (AvgIpc) is 2.54. The number of nitrogens with zero attached hydrogens (tertiary/aromatic N) is 1. The smallest absolute Gasteiger partial charge is 0.222 e. The van der Waals surface area contributed by atoms with Gasteiger partial charge in [-0.1, -0.05) is 13.8 Å². The number of primary sulfonamides is 2. The van der Waals surface area contributed by atoms with Crippen LogP contribution in [0.1, 0.15) is 46.0 Å². The third-order valence-electron chi connectivity index (χ3n) is 4.49. The number of nitrogens with one attached hydrogen (secondary N) is 1. The molecule has 0 aliphatic carbocycles. The fraction of sp³-hybridized carbons (Fsp3) is 0.933. The van der Waals surface area contributed by atoms with E-state index in [4.69, 9.17) is 10.3 Å². The number of sulfonamides is 2. The molecule has 1 amide bonds. The summed E-state index contributed by atoms with van der Waals surface area (Å²) in [6.45, 7) is 6.27. The second kappa shape index (κ2) is 9.98. The molecule has 0 radical (unpaired) electrons. The summed E-state index contributed by atoms with van der Waals surface area (Å²) in [5, 5.41) is 12.1. The highest BCUT2D eigenvalue weighted by atomic mass is 32.2. The van der Waals surface area contributed by atoms with Gasteiger partial charge in [-0.15, -0.1) is 0 Å². The molecule has 2 unspecified atom stereocenters. The molecule has 2 aliphatic rings. The molecule has 9 nitrogen and oxygen atoms in total. The predicted octanol–water partition coefficient (Wildman–Crippen LogP) is -0.661. The summed E-state index contributed by atoms with van der Waals surface area (Å²) >= 11 is 0. The van der Waals surface area contributed by atoms with E-state index in [2.05, 4.69) is 5.32 Å². The van der Waals surface area contributed by atoms with Crippen LogP contribution in [0.5, 0.6) is 0 Å². The Kier molecular flexibility index (Phi) is 8.94. The fourth-order valence-corrected chi connectivity index (χ4v) is 4.74. The maximum atomic E-state index is 11.8. The molecule has 0 aromatic heterocycles. The van der Waals surface area contributed by atoms with Gasteiger partial charge in [0.15, 0.2) is 0 Å². The van der Waals surface area contributed by atoms with E-state index in [1.165, 1.54) is 0 Å². The summed E-state index contributed by atoms with van der Waals surface area (Å²) in [4.78, 5) is 13.4. The van der Waals surface area contributed by atoms with Crippen molar-refractivity contribution in [1.82, 2.24) is 10.2 Å². The molecule has 0 bridgehead atoms. The highest BCUT2D eigenvalue weighted by Crippen LogP contribution is 2.17. The molecule has 0 spiro atoms. The largest absolute Gasteiger partial charge is 0.341 e. The number of nitrogens with two attached hydrogens (primary N) is 2. The minimum absolute atomic E-state index is 0.0309. The quantitative estimate of drug-likeness (QED) is 0.557. The van der Waals surface area contributed by atoms with E-state index in [9.17, 15) is 21.6 Å². The number of amides is 1. The van der Waals surface area contributed by atoms with Crippen LogP contribution in [0.4, 0.5) is 0 Å². The van der Waals surface area contributed by atoms with Crippen molar-refractivity contribution >= 4 is 26.0 Å². The van der Waals surface area contributed by atoms with Gasteiger partial charge in [-0.2, -0.15) is 0 Å². The lowest BCUT2D eigenvalue weighted by atomic mass is 10.1. The Morgan fingerprint density at radius 1 is 1.08 bits per heavy atom. The number of carbonyl (C=O) groups excluding carboxylic acids is 1. The average molecular weight is 413 g/mol. The van der Waals surface area contributed by atoms with Crippen molar-refractivity contribution < 1.29 is 21.6 Å². The van der Waals surface area contributed by atoms with Crippen molar-refractivity contribution in [2.45, 2.75) is 56.5 Å². The molecule has 2 saturated heterocycles. The van der Waals surface area contributed by atoms with E-state index in [0.717, 1.165) is 13.0 Å². The Morgan fingerprint density at radius 3 is 2.08 bits per heavy atom. The first-order valence-electron chi connectivity index (χ1n) is 8.93. The van der Waals surface area contributed by atoms with Crippen molar-refractivity contribution in [3.8, 4) is 0 Å². The Hall–Kier alpha value is -0.750. The lowest BCUT2D eigenvalue weighted by Crippen LogP contribution is -2.47. The minimum atomic E-state index is -3.51. The molecule has 5 N–H and O–H groups in total. The fourth-order valence-electron chi connectivity index (χ4n) is 3.01. The summed E-state index contributed by atoms with van der Waals surface area (Å²) in [5.41, 5.74) is 0. The van der Waals surface area contributed by atoms with Crippen molar-refractivity contribution in [3.05, 3.63) is 0 Å².